The highest BCUT2D eigenvalue weighted by Gasteiger charge is 2.14. The molecule has 0 saturated heterocycles. The third-order valence-corrected chi connectivity index (χ3v) is 4.10. The second-order valence-corrected chi connectivity index (χ2v) is 7.75. The van der Waals surface area contributed by atoms with Crippen LogP contribution in [0.3, 0.4) is 0 Å². The van der Waals surface area contributed by atoms with E-state index in [0.29, 0.717) is 17.1 Å². The number of aromatic nitrogens is 2. The smallest absolute Gasteiger partial charge is 0.320 e. The quantitative estimate of drug-likeness (QED) is 0.623. The molecule has 0 aliphatic rings. The Hall–Kier alpha value is -3.15. The summed E-state index contributed by atoms with van der Waals surface area (Å²) < 4.78 is 0. The van der Waals surface area contributed by atoms with Gasteiger partial charge in [0.2, 0.25) is 0 Å². The monoisotopic (exact) mass is 364 g/mol. The molecule has 0 spiro atoms. The van der Waals surface area contributed by atoms with Gasteiger partial charge in [0, 0.05) is 5.54 Å². The van der Waals surface area contributed by atoms with Gasteiger partial charge in [-0.1, -0.05) is 6.07 Å². The number of phenolic OH excluding ortho intramolecular Hbond substituents is 1. The van der Waals surface area contributed by atoms with E-state index in [1.54, 1.807) is 6.20 Å². The second kappa shape index (κ2) is 6.87. The number of nitrogens with one attached hydrogen (secondary N) is 2. The number of phenols is 1. The van der Waals surface area contributed by atoms with E-state index in [-0.39, 0.29) is 11.6 Å². The van der Waals surface area contributed by atoms with Crippen LogP contribution in [0.15, 0.2) is 36.5 Å². The van der Waals surface area contributed by atoms with Gasteiger partial charge in [-0.05, 0) is 81.1 Å². The van der Waals surface area contributed by atoms with Crippen LogP contribution < -0.4 is 10.6 Å². The van der Waals surface area contributed by atoms with Crippen LogP contribution >= 0.6 is 0 Å². The Bertz CT molecular complexity index is 999. The number of urea groups is 1. The van der Waals surface area contributed by atoms with Gasteiger partial charge in [-0.15, -0.1) is 0 Å². The molecule has 6 nitrogen and oxygen atoms in total. The molecule has 1 aromatic heterocycles. The second-order valence-electron chi connectivity index (χ2n) is 7.75. The molecule has 0 atom stereocenters. The first-order valence-corrected chi connectivity index (χ1v) is 8.79. The summed E-state index contributed by atoms with van der Waals surface area (Å²) in [6.07, 6.45) is 1.54. The van der Waals surface area contributed by atoms with Crippen molar-refractivity contribution in [2.24, 2.45) is 0 Å². The molecule has 6 heteroatoms. The summed E-state index contributed by atoms with van der Waals surface area (Å²) in [6, 6.07) is 9.36. The van der Waals surface area contributed by atoms with Crippen molar-refractivity contribution < 1.29 is 9.90 Å². The van der Waals surface area contributed by atoms with Gasteiger partial charge in [0.05, 0.1) is 17.2 Å². The summed E-state index contributed by atoms with van der Waals surface area (Å²) in [5.74, 6) is 0.704. The van der Waals surface area contributed by atoms with Gasteiger partial charge in [0.1, 0.15) is 5.75 Å². The topological polar surface area (TPSA) is 87.1 Å². The molecular formula is C21H24N4O2. The average molecular weight is 364 g/mol. The number of benzene rings is 2. The fraction of sp³-hybridized carbons (Fsp3) is 0.286. The molecule has 2 amide bonds. The van der Waals surface area contributed by atoms with E-state index in [2.05, 4.69) is 20.6 Å². The predicted molar refractivity (Wildman–Crippen MR) is 108 cm³/mol. The van der Waals surface area contributed by atoms with E-state index in [0.717, 1.165) is 27.8 Å². The summed E-state index contributed by atoms with van der Waals surface area (Å²) in [6.45, 7) is 9.48. The number of amides is 2. The maximum atomic E-state index is 12.0. The maximum absolute atomic E-state index is 12.0. The SMILES string of the molecule is Cc1cc(-c2ccc3ncc(NC(=O)NC(C)(C)C)nc3c2)cc(C)c1O. The highest BCUT2D eigenvalue weighted by atomic mass is 16.3. The van der Waals surface area contributed by atoms with Gasteiger partial charge >= 0.3 is 6.03 Å². The molecule has 3 rings (SSSR count). The van der Waals surface area contributed by atoms with Gasteiger partial charge in [-0.3, -0.25) is 10.3 Å². The zero-order chi connectivity index (χ0) is 19.8. The van der Waals surface area contributed by atoms with Gasteiger partial charge in [0.15, 0.2) is 5.82 Å². The number of anilines is 1. The lowest BCUT2D eigenvalue weighted by molar-refractivity contribution is 0.243. The lowest BCUT2D eigenvalue weighted by Gasteiger charge is -2.20. The summed E-state index contributed by atoms with van der Waals surface area (Å²) in [5, 5.41) is 15.5. The van der Waals surface area contributed by atoms with Crippen molar-refractivity contribution in [2.75, 3.05) is 5.32 Å². The minimum Gasteiger partial charge on any atom is -0.507 e. The lowest BCUT2D eigenvalue weighted by atomic mass is 9.99. The molecule has 27 heavy (non-hydrogen) atoms. The Morgan fingerprint density at radius 3 is 2.30 bits per heavy atom. The molecule has 1 heterocycles. The van der Waals surface area contributed by atoms with E-state index in [1.807, 2.05) is 65.0 Å². The van der Waals surface area contributed by atoms with Crippen molar-refractivity contribution in [3.05, 3.63) is 47.7 Å². The van der Waals surface area contributed by atoms with E-state index in [1.165, 1.54) is 0 Å². The normalized spacial score (nSPS) is 11.4. The van der Waals surface area contributed by atoms with Crippen molar-refractivity contribution in [3.8, 4) is 16.9 Å². The van der Waals surface area contributed by atoms with Gasteiger partial charge in [-0.2, -0.15) is 0 Å². The number of aromatic hydroxyl groups is 1. The van der Waals surface area contributed by atoms with Crippen molar-refractivity contribution >= 4 is 22.9 Å². The Morgan fingerprint density at radius 2 is 1.67 bits per heavy atom. The molecule has 0 unspecified atom stereocenters. The predicted octanol–water partition coefficient (Wildman–Crippen LogP) is 4.54. The van der Waals surface area contributed by atoms with Crippen molar-refractivity contribution in [3.63, 3.8) is 0 Å². The van der Waals surface area contributed by atoms with Gasteiger partial charge < -0.3 is 10.4 Å². The molecular weight excluding hydrogens is 340 g/mol. The molecule has 3 aromatic rings. The van der Waals surface area contributed by atoms with Gasteiger partial charge in [0.25, 0.3) is 0 Å². The number of rotatable bonds is 2. The van der Waals surface area contributed by atoms with Crippen LogP contribution in [0.4, 0.5) is 10.6 Å². The van der Waals surface area contributed by atoms with E-state index in [9.17, 15) is 9.90 Å². The third-order valence-electron chi connectivity index (χ3n) is 4.10. The number of hydrogen-bond acceptors (Lipinski definition) is 4. The van der Waals surface area contributed by atoms with Crippen LogP contribution in [-0.4, -0.2) is 26.6 Å². The molecule has 140 valence electrons. The Balaban J connectivity index is 1.94. The van der Waals surface area contributed by atoms with Crippen molar-refractivity contribution in [1.29, 1.82) is 0 Å². The molecule has 3 N–H and O–H groups in total. The summed E-state index contributed by atoms with van der Waals surface area (Å²) in [4.78, 5) is 20.9. The first-order valence-electron chi connectivity index (χ1n) is 8.79. The number of carbonyl (C=O) groups is 1. The minimum atomic E-state index is -0.337. The number of aryl methyl sites for hydroxylation is 2. The van der Waals surface area contributed by atoms with Crippen molar-refractivity contribution in [1.82, 2.24) is 15.3 Å². The molecule has 0 aliphatic heterocycles. The maximum Gasteiger partial charge on any atom is 0.320 e. The Labute approximate surface area is 158 Å². The molecule has 0 fully saturated rings. The fourth-order valence-electron chi connectivity index (χ4n) is 2.86. The van der Waals surface area contributed by atoms with Crippen LogP contribution in [0.2, 0.25) is 0 Å². The molecule has 2 aromatic carbocycles. The number of carbonyl (C=O) groups excluding carboxylic acids is 1. The summed E-state index contributed by atoms with van der Waals surface area (Å²) >= 11 is 0. The molecule has 0 bridgehead atoms. The zero-order valence-electron chi connectivity index (χ0n) is 16.2. The average Bonchev–Trinajstić information content (AvgIpc) is 2.56. The number of nitrogens with zero attached hydrogens (tertiary/aromatic N) is 2. The zero-order valence-corrected chi connectivity index (χ0v) is 16.2. The third kappa shape index (κ3) is 4.34. The minimum absolute atomic E-state index is 0.315. The molecule has 0 aliphatic carbocycles. The summed E-state index contributed by atoms with van der Waals surface area (Å²) in [7, 11) is 0. The first kappa shape index (κ1) is 18.6. The first-order chi connectivity index (χ1) is 12.6. The van der Waals surface area contributed by atoms with Crippen LogP contribution in [0.5, 0.6) is 5.75 Å². The van der Waals surface area contributed by atoms with Crippen LogP contribution in [0.1, 0.15) is 31.9 Å². The lowest BCUT2D eigenvalue weighted by Crippen LogP contribution is -2.43. The van der Waals surface area contributed by atoms with E-state index < -0.39 is 0 Å². The van der Waals surface area contributed by atoms with Crippen molar-refractivity contribution in [2.45, 2.75) is 40.2 Å². The highest BCUT2D eigenvalue weighted by Crippen LogP contribution is 2.30. The molecule has 0 saturated carbocycles. The standard InChI is InChI=1S/C21H24N4O2/c1-12-8-15(9-13(2)19(12)26)14-6-7-16-17(10-14)23-18(11-22-16)24-20(27)25-21(3,4)5/h6-11,26H,1-5H3,(H2,23,24,25,27). The number of hydrogen-bond donors (Lipinski definition) is 3. The summed E-state index contributed by atoms with van der Waals surface area (Å²) in [5.41, 5.74) is 4.71. The van der Waals surface area contributed by atoms with Gasteiger partial charge in [-0.25, -0.2) is 9.78 Å². The fourth-order valence-corrected chi connectivity index (χ4v) is 2.86. The van der Waals surface area contributed by atoms with E-state index >= 15 is 0 Å². The number of fused-ring (bicyclic) bond motifs is 1. The van der Waals surface area contributed by atoms with E-state index in [4.69, 9.17) is 0 Å². The Morgan fingerprint density at radius 1 is 1.00 bits per heavy atom. The van der Waals surface area contributed by atoms with Crippen LogP contribution in [0, 0.1) is 13.8 Å². The highest BCUT2D eigenvalue weighted by molar-refractivity contribution is 5.90. The largest absolute Gasteiger partial charge is 0.507 e. The van der Waals surface area contributed by atoms with Crippen LogP contribution in [-0.2, 0) is 0 Å². The molecule has 0 radical (unpaired) electrons. The van der Waals surface area contributed by atoms with Crippen LogP contribution in [0.25, 0.3) is 22.2 Å². The Kier molecular flexibility index (Phi) is 4.74.